The van der Waals surface area contributed by atoms with E-state index in [1.165, 1.54) is 0 Å². The molecule has 0 radical (unpaired) electrons. The first kappa shape index (κ1) is 17.5. The van der Waals surface area contributed by atoms with Gasteiger partial charge < -0.3 is 10.6 Å². The molecule has 128 valence electrons. The summed E-state index contributed by atoms with van der Waals surface area (Å²) in [7, 11) is 0. The fraction of sp³-hybridized carbons (Fsp3) is 0.0500. The van der Waals surface area contributed by atoms with Gasteiger partial charge >= 0.3 is 0 Å². The fourth-order valence-corrected chi connectivity index (χ4v) is 2.57. The van der Waals surface area contributed by atoms with Gasteiger partial charge in [-0.1, -0.05) is 11.6 Å². The van der Waals surface area contributed by atoms with Crippen LogP contribution in [0.2, 0.25) is 5.02 Å². The summed E-state index contributed by atoms with van der Waals surface area (Å²) < 4.78 is 0. The number of aryl methyl sites for hydroxylation is 1. The molecule has 0 saturated carbocycles. The Kier molecular flexibility index (Phi) is 5.16. The summed E-state index contributed by atoms with van der Waals surface area (Å²) in [4.78, 5) is 16.5. The van der Waals surface area contributed by atoms with Crippen molar-refractivity contribution in [3.63, 3.8) is 0 Å². The van der Waals surface area contributed by atoms with E-state index in [1.807, 2.05) is 31.2 Å². The summed E-state index contributed by atoms with van der Waals surface area (Å²) >= 11 is 5.96. The zero-order valence-corrected chi connectivity index (χ0v) is 14.7. The van der Waals surface area contributed by atoms with Crippen LogP contribution in [0, 0.1) is 18.3 Å². The lowest BCUT2D eigenvalue weighted by atomic mass is 10.2. The number of amides is 1. The molecule has 0 saturated heterocycles. The molecule has 1 heterocycles. The molecule has 5 nitrogen and oxygen atoms in total. The highest BCUT2D eigenvalue weighted by molar-refractivity contribution is 6.30. The first-order valence-electron chi connectivity index (χ1n) is 7.86. The molecule has 0 bridgehead atoms. The van der Waals surface area contributed by atoms with Crippen LogP contribution in [0.3, 0.4) is 0 Å². The predicted octanol–water partition coefficient (Wildman–Crippen LogP) is 4.91. The molecule has 1 amide bonds. The van der Waals surface area contributed by atoms with Gasteiger partial charge in [-0.3, -0.25) is 4.79 Å². The van der Waals surface area contributed by atoms with Gasteiger partial charge in [0.1, 0.15) is 5.69 Å². The van der Waals surface area contributed by atoms with Crippen LogP contribution >= 0.6 is 11.6 Å². The molecule has 0 aliphatic heterocycles. The molecule has 0 atom stereocenters. The Balaban J connectivity index is 1.68. The molecular formula is C20H15ClN4O. The smallest absolute Gasteiger partial charge is 0.274 e. The summed E-state index contributed by atoms with van der Waals surface area (Å²) in [6, 6.07) is 17.7. The van der Waals surface area contributed by atoms with Crippen molar-refractivity contribution in [3.05, 3.63) is 82.6 Å². The van der Waals surface area contributed by atoms with Crippen LogP contribution in [0.15, 0.2) is 60.8 Å². The number of hydrogen-bond acceptors (Lipinski definition) is 4. The van der Waals surface area contributed by atoms with Crippen molar-refractivity contribution in [2.45, 2.75) is 6.92 Å². The third-order valence-electron chi connectivity index (χ3n) is 3.74. The van der Waals surface area contributed by atoms with E-state index in [9.17, 15) is 4.79 Å². The van der Waals surface area contributed by atoms with E-state index in [0.29, 0.717) is 22.0 Å². The monoisotopic (exact) mass is 362 g/mol. The van der Waals surface area contributed by atoms with Crippen LogP contribution < -0.4 is 10.6 Å². The maximum atomic E-state index is 12.3. The molecule has 0 fully saturated rings. The average molecular weight is 363 g/mol. The van der Waals surface area contributed by atoms with Crippen LogP contribution in [0.1, 0.15) is 21.6 Å². The second-order valence-corrected chi connectivity index (χ2v) is 6.10. The van der Waals surface area contributed by atoms with Crippen molar-refractivity contribution in [1.82, 2.24) is 4.98 Å². The number of carbonyl (C=O) groups is 1. The van der Waals surface area contributed by atoms with Gasteiger partial charge in [-0.25, -0.2) is 4.98 Å². The quantitative estimate of drug-likeness (QED) is 0.691. The average Bonchev–Trinajstić information content (AvgIpc) is 2.65. The number of pyridine rings is 1. The van der Waals surface area contributed by atoms with Crippen molar-refractivity contribution in [1.29, 1.82) is 5.26 Å². The molecule has 2 aromatic carbocycles. The predicted molar refractivity (Wildman–Crippen MR) is 103 cm³/mol. The van der Waals surface area contributed by atoms with E-state index >= 15 is 0 Å². The summed E-state index contributed by atoms with van der Waals surface area (Å²) in [5.74, 6) is -0.316. The van der Waals surface area contributed by atoms with Crippen LogP contribution in [0.4, 0.5) is 17.1 Å². The minimum absolute atomic E-state index is 0.299. The number of hydrogen-bond donors (Lipinski definition) is 2. The Morgan fingerprint density at radius 1 is 1.08 bits per heavy atom. The molecule has 0 unspecified atom stereocenters. The van der Waals surface area contributed by atoms with Crippen molar-refractivity contribution < 1.29 is 4.79 Å². The second-order valence-electron chi connectivity index (χ2n) is 5.66. The number of carbonyl (C=O) groups excluding carboxylic acids is 1. The molecule has 1 aromatic heterocycles. The number of anilines is 3. The zero-order chi connectivity index (χ0) is 18.5. The third-order valence-corrected chi connectivity index (χ3v) is 3.97. The van der Waals surface area contributed by atoms with E-state index in [-0.39, 0.29) is 5.91 Å². The lowest BCUT2D eigenvalue weighted by Gasteiger charge is -2.10. The van der Waals surface area contributed by atoms with Crippen LogP contribution in [-0.4, -0.2) is 10.9 Å². The molecule has 0 aliphatic carbocycles. The minimum Gasteiger partial charge on any atom is -0.354 e. The second kappa shape index (κ2) is 7.68. The summed E-state index contributed by atoms with van der Waals surface area (Å²) in [6.07, 6.45) is 1.60. The van der Waals surface area contributed by atoms with Crippen molar-refractivity contribution in [3.8, 4) is 6.07 Å². The van der Waals surface area contributed by atoms with Gasteiger partial charge in [-0.05, 0) is 67.1 Å². The first-order valence-corrected chi connectivity index (χ1v) is 8.24. The van der Waals surface area contributed by atoms with E-state index < -0.39 is 0 Å². The van der Waals surface area contributed by atoms with Gasteiger partial charge in [-0.2, -0.15) is 5.26 Å². The Bertz CT molecular complexity index is 976. The number of halogens is 1. The van der Waals surface area contributed by atoms with Crippen molar-refractivity contribution in [2.24, 2.45) is 0 Å². The van der Waals surface area contributed by atoms with Crippen LogP contribution in [-0.2, 0) is 0 Å². The number of nitrogens with zero attached hydrogens (tertiary/aromatic N) is 2. The van der Waals surface area contributed by atoms with E-state index in [1.54, 1.807) is 42.6 Å². The Morgan fingerprint density at radius 2 is 1.81 bits per heavy atom. The lowest BCUT2D eigenvalue weighted by molar-refractivity contribution is 0.102. The van der Waals surface area contributed by atoms with Crippen molar-refractivity contribution >= 4 is 34.6 Å². The summed E-state index contributed by atoms with van der Waals surface area (Å²) in [5, 5.41) is 15.5. The molecule has 0 spiro atoms. The van der Waals surface area contributed by atoms with Crippen LogP contribution in [0.5, 0.6) is 0 Å². The molecular weight excluding hydrogens is 348 g/mol. The highest BCUT2D eigenvalue weighted by Crippen LogP contribution is 2.23. The highest BCUT2D eigenvalue weighted by atomic mass is 35.5. The Hall–Kier alpha value is -3.36. The van der Waals surface area contributed by atoms with Gasteiger partial charge in [0.05, 0.1) is 23.5 Å². The molecule has 3 aromatic rings. The summed E-state index contributed by atoms with van der Waals surface area (Å²) in [6.45, 7) is 1.96. The van der Waals surface area contributed by atoms with Crippen molar-refractivity contribution in [2.75, 3.05) is 10.6 Å². The fourth-order valence-electron chi connectivity index (χ4n) is 2.35. The molecule has 0 aliphatic rings. The molecule has 2 N–H and O–H groups in total. The van der Waals surface area contributed by atoms with E-state index in [2.05, 4.69) is 15.6 Å². The van der Waals surface area contributed by atoms with Gasteiger partial charge in [0.15, 0.2) is 0 Å². The maximum absolute atomic E-state index is 12.3. The zero-order valence-electron chi connectivity index (χ0n) is 14.0. The summed E-state index contributed by atoms with van der Waals surface area (Å²) in [5.41, 5.74) is 4.15. The Morgan fingerprint density at radius 3 is 2.42 bits per heavy atom. The molecule has 3 rings (SSSR count). The van der Waals surface area contributed by atoms with Gasteiger partial charge in [0, 0.05) is 16.4 Å². The van der Waals surface area contributed by atoms with Gasteiger partial charge in [0.25, 0.3) is 5.91 Å². The topological polar surface area (TPSA) is 77.8 Å². The number of aromatic nitrogens is 1. The van der Waals surface area contributed by atoms with E-state index in [0.717, 1.165) is 16.9 Å². The van der Waals surface area contributed by atoms with Crippen LogP contribution in [0.25, 0.3) is 0 Å². The van der Waals surface area contributed by atoms with E-state index in [4.69, 9.17) is 16.9 Å². The Labute approximate surface area is 156 Å². The highest BCUT2D eigenvalue weighted by Gasteiger charge is 2.08. The first-order chi connectivity index (χ1) is 12.5. The minimum atomic E-state index is -0.316. The maximum Gasteiger partial charge on any atom is 0.274 e. The molecule has 26 heavy (non-hydrogen) atoms. The normalized spacial score (nSPS) is 10.0. The number of nitrogens with one attached hydrogen (secondary N) is 2. The number of nitriles is 1. The van der Waals surface area contributed by atoms with Gasteiger partial charge in [0.2, 0.25) is 0 Å². The largest absolute Gasteiger partial charge is 0.354 e. The van der Waals surface area contributed by atoms with Gasteiger partial charge in [-0.15, -0.1) is 0 Å². The lowest BCUT2D eigenvalue weighted by Crippen LogP contribution is -2.13. The standard InChI is InChI=1S/C20H15ClN4O/c1-13-10-15(21)4-8-18(13)24-17-7-9-19(23-12-17)20(26)25-16-5-2-14(11-22)3-6-16/h2-10,12,24H,1H3,(H,25,26). The SMILES string of the molecule is Cc1cc(Cl)ccc1Nc1ccc(C(=O)Nc2ccc(C#N)cc2)nc1. The molecule has 6 heteroatoms. The number of benzene rings is 2. The number of rotatable bonds is 4. The third kappa shape index (κ3) is 4.18.